The molecular weight excluding hydrogens is 204 g/mol. The Morgan fingerprint density at radius 1 is 1.20 bits per heavy atom. The Labute approximate surface area is 97.1 Å². The van der Waals surface area contributed by atoms with Gasteiger partial charge < -0.3 is 10.6 Å². The van der Waals surface area contributed by atoms with Crippen molar-refractivity contribution in [3.05, 3.63) is 21.4 Å². The molecule has 0 radical (unpaired) electrons. The average Bonchev–Trinajstić information content (AvgIpc) is 2.52. The van der Waals surface area contributed by atoms with E-state index in [0.29, 0.717) is 0 Å². The van der Waals surface area contributed by atoms with Gasteiger partial charge in [0.15, 0.2) is 0 Å². The number of thiophene rings is 1. The van der Waals surface area contributed by atoms with Gasteiger partial charge in [-0.15, -0.1) is 11.3 Å². The summed E-state index contributed by atoms with van der Waals surface area (Å²) in [6.45, 7) is 10.8. The van der Waals surface area contributed by atoms with E-state index in [0.717, 1.165) is 26.2 Å². The molecular formula is C12H22N2S. The summed E-state index contributed by atoms with van der Waals surface area (Å²) >= 11 is 1.90. The number of hydrogen-bond acceptors (Lipinski definition) is 3. The maximum absolute atomic E-state index is 3.47. The molecule has 3 heteroatoms. The van der Waals surface area contributed by atoms with Gasteiger partial charge in [-0.1, -0.05) is 6.92 Å². The van der Waals surface area contributed by atoms with Gasteiger partial charge in [0.1, 0.15) is 0 Å². The molecule has 86 valence electrons. The van der Waals surface area contributed by atoms with Crippen molar-refractivity contribution in [2.75, 3.05) is 19.6 Å². The summed E-state index contributed by atoms with van der Waals surface area (Å²) in [6, 6.07) is 2.29. The largest absolute Gasteiger partial charge is 0.317 e. The predicted molar refractivity (Wildman–Crippen MR) is 68.7 cm³/mol. The molecule has 0 aliphatic heterocycles. The zero-order valence-electron chi connectivity index (χ0n) is 10.0. The lowest BCUT2D eigenvalue weighted by Crippen LogP contribution is -2.21. The number of rotatable bonds is 7. The fourth-order valence-corrected chi connectivity index (χ4v) is 2.49. The molecule has 1 rings (SSSR count). The van der Waals surface area contributed by atoms with Crippen molar-refractivity contribution < 1.29 is 0 Å². The molecule has 0 spiro atoms. The Bertz CT molecular complexity index is 262. The van der Waals surface area contributed by atoms with Gasteiger partial charge in [-0.3, -0.25) is 0 Å². The first-order chi connectivity index (χ1) is 7.24. The Balaban J connectivity index is 2.10. The minimum atomic E-state index is 1.02. The SMILES string of the molecule is CCNCCCNCc1cc(C)c(C)s1. The Morgan fingerprint density at radius 2 is 1.93 bits per heavy atom. The predicted octanol–water partition coefficient (Wildman–Crippen LogP) is 2.45. The van der Waals surface area contributed by atoms with E-state index in [1.54, 1.807) is 0 Å². The standard InChI is InChI=1S/C12H22N2S/c1-4-13-6-5-7-14-9-12-8-10(2)11(3)15-12/h8,13-14H,4-7,9H2,1-3H3. The van der Waals surface area contributed by atoms with Crippen LogP contribution in [0.5, 0.6) is 0 Å². The van der Waals surface area contributed by atoms with Gasteiger partial charge in [0.2, 0.25) is 0 Å². The molecule has 15 heavy (non-hydrogen) atoms. The van der Waals surface area contributed by atoms with Crippen molar-refractivity contribution in [1.82, 2.24) is 10.6 Å². The highest BCUT2D eigenvalue weighted by molar-refractivity contribution is 7.12. The van der Waals surface area contributed by atoms with E-state index in [1.807, 2.05) is 11.3 Å². The molecule has 0 aromatic carbocycles. The lowest BCUT2D eigenvalue weighted by Gasteiger charge is -2.03. The van der Waals surface area contributed by atoms with Gasteiger partial charge in [-0.05, 0) is 51.5 Å². The molecule has 0 unspecified atom stereocenters. The average molecular weight is 226 g/mol. The van der Waals surface area contributed by atoms with E-state index in [9.17, 15) is 0 Å². The molecule has 0 saturated carbocycles. The van der Waals surface area contributed by atoms with Crippen LogP contribution in [0, 0.1) is 13.8 Å². The molecule has 1 heterocycles. The maximum atomic E-state index is 3.47. The fourth-order valence-electron chi connectivity index (χ4n) is 1.46. The molecule has 0 aliphatic carbocycles. The summed E-state index contributed by atoms with van der Waals surface area (Å²) in [7, 11) is 0. The van der Waals surface area contributed by atoms with Crippen LogP contribution in [0.3, 0.4) is 0 Å². The molecule has 0 aliphatic rings. The zero-order valence-corrected chi connectivity index (χ0v) is 10.8. The second-order valence-corrected chi connectivity index (χ2v) is 5.18. The summed E-state index contributed by atoms with van der Waals surface area (Å²) in [5.74, 6) is 0. The second-order valence-electron chi connectivity index (χ2n) is 3.84. The minimum absolute atomic E-state index is 1.02. The molecule has 2 N–H and O–H groups in total. The van der Waals surface area contributed by atoms with Crippen LogP contribution in [-0.4, -0.2) is 19.6 Å². The van der Waals surface area contributed by atoms with Gasteiger partial charge >= 0.3 is 0 Å². The van der Waals surface area contributed by atoms with Crippen molar-refractivity contribution >= 4 is 11.3 Å². The third-order valence-electron chi connectivity index (χ3n) is 2.47. The van der Waals surface area contributed by atoms with E-state index >= 15 is 0 Å². The summed E-state index contributed by atoms with van der Waals surface area (Å²) < 4.78 is 0. The van der Waals surface area contributed by atoms with Crippen LogP contribution >= 0.6 is 11.3 Å². The molecule has 0 amide bonds. The third kappa shape index (κ3) is 4.78. The molecule has 0 saturated heterocycles. The lowest BCUT2D eigenvalue weighted by molar-refractivity contribution is 0.609. The zero-order chi connectivity index (χ0) is 11.1. The topological polar surface area (TPSA) is 24.1 Å². The van der Waals surface area contributed by atoms with E-state index in [2.05, 4.69) is 37.5 Å². The van der Waals surface area contributed by atoms with Crippen LogP contribution in [0.4, 0.5) is 0 Å². The van der Waals surface area contributed by atoms with Gasteiger partial charge in [0.25, 0.3) is 0 Å². The summed E-state index contributed by atoms with van der Waals surface area (Å²) in [4.78, 5) is 2.90. The molecule has 2 nitrogen and oxygen atoms in total. The molecule has 1 aromatic heterocycles. The van der Waals surface area contributed by atoms with Crippen LogP contribution in [0.2, 0.25) is 0 Å². The van der Waals surface area contributed by atoms with Gasteiger partial charge in [0, 0.05) is 16.3 Å². The fraction of sp³-hybridized carbons (Fsp3) is 0.667. The summed E-state index contributed by atoms with van der Waals surface area (Å²) in [5, 5.41) is 6.79. The van der Waals surface area contributed by atoms with Crippen LogP contribution in [0.1, 0.15) is 28.7 Å². The van der Waals surface area contributed by atoms with Crippen molar-refractivity contribution in [3.8, 4) is 0 Å². The van der Waals surface area contributed by atoms with Crippen LogP contribution < -0.4 is 10.6 Å². The summed E-state index contributed by atoms with van der Waals surface area (Å²) in [5.41, 5.74) is 1.42. The smallest absolute Gasteiger partial charge is 0.0299 e. The van der Waals surface area contributed by atoms with E-state index in [-0.39, 0.29) is 0 Å². The quantitative estimate of drug-likeness (QED) is 0.698. The third-order valence-corrected chi connectivity index (χ3v) is 3.63. The molecule has 1 aromatic rings. The molecule has 0 atom stereocenters. The van der Waals surface area contributed by atoms with E-state index in [1.165, 1.54) is 21.7 Å². The first kappa shape index (κ1) is 12.7. The van der Waals surface area contributed by atoms with Gasteiger partial charge in [-0.2, -0.15) is 0 Å². The van der Waals surface area contributed by atoms with Gasteiger partial charge in [-0.25, -0.2) is 0 Å². The Morgan fingerprint density at radius 3 is 2.53 bits per heavy atom. The van der Waals surface area contributed by atoms with Gasteiger partial charge in [0.05, 0.1) is 0 Å². The first-order valence-electron chi connectivity index (χ1n) is 5.71. The summed E-state index contributed by atoms with van der Waals surface area (Å²) in [6.07, 6.45) is 1.21. The monoisotopic (exact) mass is 226 g/mol. The second kappa shape index (κ2) is 6.99. The van der Waals surface area contributed by atoms with Crippen molar-refractivity contribution in [1.29, 1.82) is 0 Å². The van der Waals surface area contributed by atoms with E-state index in [4.69, 9.17) is 0 Å². The maximum Gasteiger partial charge on any atom is 0.0299 e. The van der Waals surface area contributed by atoms with Crippen molar-refractivity contribution in [3.63, 3.8) is 0 Å². The van der Waals surface area contributed by atoms with Crippen LogP contribution in [0.15, 0.2) is 6.07 Å². The molecule has 0 fully saturated rings. The lowest BCUT2D eigenvalue weighted by atomic mass is 10.3. The van der Waals surface area contributed by atoms with Crippen molar-refractivity contribution in [2.24, 2.45) is 0 Å². The number of nitrogens with one attached hydrogen (secondary N) is 2. The highest BCUT2D eigenvalue weighted by Gasteiger charge is 2.00. The number of aryl methyl sites for hydroxylation is 2. The minimum Gasteiger partial charge on any atom is -0.317 e. The van der Waals surface area contributed by atoms with Crippen LogP contribution in [-0.2, 0) is 6.54 Å². The Hall–Kier alpha value is -0.380. The highest BCUT2D eigenvalue weighted by atomic mass is 32.1. The first-order valence-corrected chi connectivity index (χ1v) is 6.53. The van der Waals surface area contributed by atoms with E-state index < -0.39 is 0 Å². The van der Waals surface area contributed by atoms with Crippen molar-refractivity contribution in [2.45, 2.75) is 33.7 Å². The van der Waals surface area contributed by atoms with Crippen LogP contribution in [0.25, 0.3) is 0 Å². The number of hydrogen-bond donors (Lipinski definition) is 2. The normalized spacial score (nSPS) is 10.9. The Kier molecular flexibility index (Phi) is 5.91. The highest BCUT2D eigenvalue weighted by Crippen LogP contribution is 2.19. The molecule has 0 bridgehead atoms.